The lowest BCUT2D eigenvalue weighted by Gasteiger charge is -2.15. The molecule has 1 N–H and O–H groups in total. The van der Waals surface area contributed by atoms with Crippen molar-refractivity contribution in [1.82, 2.24) is 4.90 Å². The molecular formula is C14H18FNO2. The highest BCUT2D eigenvalue weighted by atomic mass is 19.1. The van der Waals surface area contributed by atoms with Crippen molar-refractivity contribution in [2.45, 2.75) is 19.9 Å². The first-order valence-corrected chi connectivity index (χ1v) is 5.91. The predicted molar refractivity (Wildman–Crippen MR) is 69.7 cm³/mol. The topological polar surface area (TPSA) is 40.5 Å². The van der Waals surface area contributed by atoms with Gasteiger partial charge in [0.25, 0.3) is 0 Å². The molecule has 0 aliphatic carbocycles. The molecular weight excluding hydrogens is 233 g/mol. The van der Waals surface area contributed by atoms with Crippen LogP contribution in [0.5, 0.6) is 0 Å². The molecule has 0 saturated heterocycles. The number of rotatable bonds is 6. The van der Waals surface area contributed by atoms with E-state index in [0.717, 1.165) is 31.1 Å². The van der Waals surface area contributed by atoms with Crippen molar-refractivity contribution in [3.8, 4) is 0 Å². The van der Waals surface area contributed by atoms with Gasteiger partial charge in [-0.3, -0.25) is 0 Å². The molecule has 0 radical (unpaired) electrons. The highest BCUT2D eigenvalue weighted by molar-refractivity contribution is 5.85. The summed E-state index contributed by atoms with van der Waals surface area (Å²) < 4.78 is 13.4. The van der Waals surface area contributed by atoms with Crippen LogP contribution in [0.1, 0.15) is 24.5 Å². The Bertz CT molecular complexity index is 443. The lowest BCUT2D eigenvalue weighted by atomic mass is 10.1. The standard InChI is InChI=1S/C14H18FNO2/c1-3-8-16(2)10-11-4-6-13(15)12(9-11)5-7-14(17)18/h4-7,9H,3,8,10H2,1-2H3,(H,17,18). The highest BCUT2D eigenvalue weighted by Crippen LogP contribution is 2.14. The summed E-state index contributed by atoms with van der Waals surface area (Å²) in [6.45, 7) is 3.79. The Labute approximate surface area is 107 Å². The molecule has 3 nitrogen and oxygen atoms in total. The number of carboxylic acid groups (broad SMARTS) is 1. The molecule has 4 heteroatoms. The summed E-state index contributed by atoms with van der Waals surface area (Å²) in [5.74, 6) is -1.49. The summed E-state index contributed by atoms with van der Waals surface area (Å²) in [4.78, 5) is 12.6. The van der Waals surface area contributed by atoms with Gasteiger partial charge in [-0.1, -0.05) is 13.0 Å². The van der Waals surface area contributed by atoms with Gasteiger partial charge in [0.1, 0.15) is 5.82 Å². The average molecular weight is 251 g/mol. The molecule has 0 aromatic heterocycles. The van der Waals surface area contributed by atoms with Crippen molar-refractivity contribution in [2.24, 2.45) is 0 Å². The fraction of sp³-hybridized carbons (Fsp3) is 0.357. The second kappa shape index (κ2) is 6.91. The largest absolute Gasteiger partial charge is 0.478 e. The van der Waals surface area contributed by atoms with Crippen molar-refractivity contribution < 1.29 is 14.3 Å². The van der Waals surface area contributed by atoms with Gasteiger partial charge in [0, 0.05) is 18.2 Å². The summed E-state index contributed by atoms with van der Waals surface area (Å²) in [6, 6.07) is 4.77. The zero-order chi connectivity index (χ0) is 13.5. The van der Waals surface area contributed by atoms with Crippen molar-refractivity contribution >= 4 is 12.0 Å². The van der Waals surface area contributed by atoms with Crippen LogP contribution in [0.4, 0.5) is 4.39 Å². The molecule has 0 atom stereocenters. The maximum Gasteiger partial charge on any atom is 0.328 e. The number of benzene rings is 1. The highest BCUT2D eigenvalue weighted by Gasteiger charge is 2.04. The third-order valence-corrected chi connectivity index (χ3v) is 2.52. The Kier molecular flexibility index (Phi) is 5.52. The Morgan fingerprint density at radius 1 is 1.50 bits per heavy atom. The summed E-state index contributed by atoms with van der Waals surface area (Å²) in [5, 5.41) is 8.53. The normalized spacial score (nSPS) is 11.3. The minimum Gasteiger partial charge on any atom is -0.478 e. The van der Waals surface area contributed by atoms with Gasteiger partial charge in [-0.05, 0) is 43.8 Å². The fourth-order valence-corrected chi connectivity index (χ4v) is 1.75. The van der Waals surface area contributed by atoms with E-state index in [1.807, 2.05) is 7.05 Å². The molecule has 0 amide bonds. The Morgan fingerprint density at radius 3 is 2.83 bits per heavy atom. The number of carboxylic acids is 1. The van der Waals surface area contributed by atoms with Gasteiger partial charge in [0.2, 0.25) is 0 Å². The second-order valence-corrected chi connectivity index (χ2v) is 4.27. The van der Waals surface area contributed by atoms with Crippen LogP contribution in [0.3, 0.4) is 0 Å². The van der Waals surface area contributed by atoms with E-state index in [1.54, 1.807) is 12.1 Å². The van der Waals surface area contributed by atoms with Gasteiger partial charge in [0.15, 0.2) is 0 Å². The summed E-state index contributed by atoms with van der Waals surface area (Å²) >= 11 is 0. The molecule has 1 rings (SSSR count). The lowest BCUT2D eigenvalue weighted by Crippen LogP contribution is -2.18. The van der Waals surface area contributed by atoms with Gasteiger partial charge in [-0.15, -0.1) is 0 Å². The van der Waals surface area contributed by atoms with E-state index in [4.69, 9.17) is 5.11 Å². The predicted octanol–water partition coefficient (Wildman–Crippen LogP) is 2.77. The molecule has 18 heavy (non-hydrogen) atoms. The van der Waals surface area contributed by atoms with Crippen LogP contribution in [-0.4, -0.2) is 29.6 Å². The third kappa shape index (κ3) is 4.67. The summed E-state index contributed by atoms with van der Waals surface area (Å²) in [6.07, 6.45) is 3.28. The maximum absolute atomic E-state index is 13.4. The number of aliphatic carboxylic acids is 1. The van der Waals surface area contributed by atoms with Gasteiger partial charge in [-0.25, -0.2) is 9.18 Å². The Morgan fingerprint density at radius 2 is 2.22 bits per heavy atom. The Balaban J connectivity index is 2.83. The number of carbonyl (C=O) groups is 1. The van der Waals surface area contributed by atoms with Crippen LogP contribution >= 0.6 is 0 Å². The molecule has 0 saturated carbocycles. The molecule has 0 unspecified atom stereocenters. The molecule has 0 aliphatic heterocycles. The van der Waals surface area contributed by atoms with E-state index >= 15 is 0 Å². The molecule has 1 aromatic carbocycles. The van der Waals surface area contributed by atoms with Crippen molar-refractivity contribution in [3.05, 3.63) is 41.2 Å². The second-order valence-electron chi connectivity index (χ2n) is 4.27. The molecule has 98 valence electrons. The zero-order valence-corrected chi connectivity index (χ0v) is 10.7. The molecule has 0 bridgehead atoms. The summed E-state index contributed by atoms with van der Waals surface area (Å²) in [7, 11) is 2.00. The van der Waals surface area contributed by atoms with Crippen LogP contribution < -0.4 is 0 Å². The quantitative estimate of drug-likeness (QED) is 0.790. The molecule has 0 heterocycles. The zero-order valence-electron chi connectivity index (χ0n) is 10.7. The first-order chi connectivity index (χ1) is 8.52. The number of nitrogens with zero attached hydrogens (tertiary/aromatic N) is 1. The van der Waals surface area contributed by atoms with E-state index < -0.39 is 11.8 Å². The minimum atomic E-state index is -1.08. The first kappa shape index (κ1) is 14.4. The third-order valence-electron chi connectivity index (χ3n) is 2.52. The summed E-state index contributed by atoms with van der Waals surface area (Å²) in [5.41, 5.74) is 1.28. The van der Waals surface area contributed by atoms with Crippen LogP contribution in [0.2, 0.25) is 0 Å². The molecule has 0 aliphatic rings. The fourth-order valence-electron chi connectivity index (χ4n) is 1.75. The number of hydrogen-bond donors (Lipinski definition) is 1. The Hall–Kier alpha value is -1.68. The van der Waals surface area contributed by atoms with E-state index in [9.17, 15) is 9.18 Å². The minimum absolute atomic E-state index is 0.305. The smallest absolute Gasteiger partial charge is 0.328 e. The van der Waals surface area contributed by atoms with Gasteiger partial charge in [-0.2, -0.15) is 0 Å². The van der Waals surface area contributed by atoms with Crippen molar-refractivity contribution in [3.63, 3.8) is 0 Å². The van der Waals surface area contributed by atoms with Crippen LogP contribution in [0.25, 0.3) is 6.08 Å². The lowest BCUT2D eigenvalue weighted by molar-refractivity contribution is -0.131. The van der Waals surface area contributed by atoms with E-state index in [1.165, 1.54) is 12.1 Å². The van der Waals surface area contributed by atoms with Crippen molar-refractivity contribution in [2.75, 3.05) is 13.6 Å². The SMILES string of the molecule is CCCN(C)Cc1ccc(F)c(C=CC(=O)O)c1. The first-order valence-electron chi connectivity index (χ1n) is 5.91. The van der Waals surface area contributed by atoms with Gasteiger partial charge in [0.05, 0.1) is 0 Å². The number of hydrogen-bond acceptors (Lipinski definition) is 2. The van der Waals surface area contributed by atoms with Crippen LogP contribution in [-0.2, 0) is 11.3 Å². The van der Waals surface area contributed by atoms with Crippen LogP contribution in [0, 0.1) is 5.82 Å². The van der Waals surface area contributed by atoms with Gasteiger partial charge >= 0.3 is 5.97 Å². The maximum atomic E-state index is 13.4. The monoisotopic (exact) mass is 251 g/mol. The molecule has 0 fully saturated rings. The average Bonchev–Trinajstić information content (AvgIpc) is 2.30. The van der Waals surface area contributed by atoms with E-state index in [-0.39, 0.29) is 0 Å². The molecule has 1 aromatic rings. The van der Waals surface area contributed by atoms with Crippen LogP contribution in [0.15, 0.2) is 24.3 Å². The molecule has 0 spiro atoms. The van der Waals surface area contributed by atoms with E-state index in [2.05, 4.69) is 11.8 Å². The van der Waals surface area contributed by atoms with E-state index in [0.29, 0.717) is 5.56 Å². The number of halogens is 1. The van der Waals surface area contributed by atoms with Crippen molar-refractivity contribution in [1.29, 1.82) is 0 Å². The van der Waals surface area contributed by atoms with Gasteiger partial charge < -0.3 is 10.0 Å².